The molecular formula is C13H17FN2O2S. The van der Waals surface area contributed by atoms with Crippen molar-refractivity contribution in [1.29, 1.82) is 0 Å². The van der Waals surface area contributed by atoms with Crippen LogP contribution in [-0.2, 0) is 0 Å². The number of hydrogen-bond donors (Lipinski definition) is 2. The van der Waals surface area contributed by atoms with E-state index in [0.717, 1.165) is 31.5 Å². The molecule has 0 radical (unpaired) electrons. The molecule has 2 atom stereocenters. The van der Waals surface area contributed by atoms with Crippen molar-refractivity contribution in [3.63, 3.8) is 0 Å². The number of carbonyl (C=O) groups is 1. The Labute approximate surface area is 115 Å². The monoisotopic (exact) mass is 284 g/mol. The van der Waals surface area contributed by atoms with E-state index in [0.29, 0.717) is 5.25 Å². The maximum atomic E-state index is 13.1. The summed E-state index contributed by atoms with van der Waals surface area (Å²) in [7, 11) is 0. The number of thioether (sulfide) groups is 1. The van der Waals surface area contributed by atoms with Gasteiger partial charge in [-0.3, -0.25) is 0 Å². The predicted octanol–water partition coefficient (Wildman–Crippen LogP) is 3.01. The minimum absolute atomic E-state index is 0.106. The first-order valence-electron chi connectivity index (χ1n) is 6.30. The van der Waals surface area contributed by atoms with Gasteiger partial charge in [-0.15, -0.1) is 0 Å². The molecule has 2 rings (SSSR count). The third-order valence-corrected chi connectivity index (χ3v) is 4.58. The van der Waals surface area contributed by atoms with Crippen LogP contribution in [0.2, 0.25) is 0 Å². The molecule has 104 valence electrons. The standard InChI is InChI=1S/C13H17FN2O2S/c1-19-11-5-3-2-4-10(11)16-12-9(13(17)18)6-8(14)7-15-12/h6-7,10-11H,2-5H2,1H3,(H,15,16)(H,17,18). The number of pyridine rings is 1. The maximum Gasteiger partial charge on any atom is 0.339 e. The van der Waals surface area contributed by atoms with Gasteiger partial charge in [-0.2, -0.15) is 11.8 Å². The Hall–Kier alpha value is -1.30. The molecule has 1 saturated carbocycles. The van der Waals surface area contributed by atoms with Crippen LogP contribution >= 0.6 is 11.8 Å². The number of nitrogens with zero attached hydrogens (tertiary/aromatic N) is 1. The van der Waals surface area contributed by atoms with E-state index in [9.17, 15) is 9.18 Å². The molecule has 0 aromatic carbocycles. The van der Waals surface area contributed by atoms with Crippen molar-refractivity contribution in [3.05, 3.63) is 23.6 Å². The van der Waals surface area contributed by atoms with Crippen LogP contribution in [0.5, 0.6) is 0 Å². The van der Waals surface area contributed by atoms with Crippen molar-refractivity contribution in [2.75, 3.05) is 11.6 Å². The van der Waals surface area contributed by atoms with E-state index in [4.69, 9.17) is 5.11 Å². The van der Waals surface area contributed by atoms with Gasteiger partial charge in [-0.25, -0.2) is 14.2 Å². The van der Waals surface area contributed by atoms with Crippen LogP contribution in [0.25, 0.3) is 0 Å². The van der Waals surface area contributed by atoms with Gasteiger partial charge in [-0.1, -0.05) is 12.8 Å². The summed E-state index contributed by atoms with van der Waals surface area (Å²) in [6, 6.07) is 1.20. The van der Waals surface area contributed by atoms with Crippen LogP contribution in [0.15, 0.2) is 12.3 Å². The van der Waals surface area contributed by atoms with Crippen molar-refractivity contribution >= 4 is 23.5 Å². The normalized spacial score (nSPS) is 23.1. The molecule has 4 nitrogen and oxygen atoms in total. The lowest BCUT2D eigenvalue weighted by Crippen LogP contribution is -2.35. The molecule has 1 aromatic rings. The van der Waals surface area contributed by atoms with E-state index in [1.54, 1.807) is 11.8 Å². The molecule has 1 fully saturated rings. The summed E-state index contributed by atoms with van der Waals surface area (Å²) >= 11 is 1.78. The zero-order valence-corrected chi connectivity index (χ0v) is 11.5. The zero-order valence-electron chi connectivity index (χ0n) is 10.7. The van der Waals surface area contributed by atoms with Gasteiger partial charge in [0.2, 0.25) is 0 Å². The Morgan fingerprint density at radius 3 is 2.95 bits per heavy atom. The lowest BCUT2D eigenvalue weighted by atomic mass is 9.94. The predicted molar refractivity (Wildman–Crippen MR) is 74.3 cm³/mol. The second-order valence-electron chi connectivity index (χ2n) is 4.66. The van der Waals surface area contributed by atoms with Crippen molar-refractivity contribution in [2.24, 2.45) is 0 Å². The minimum Gasteiger partial charge on any atom is -0.478 e. The first-order chi connectivity index (χ1) is 9.11. The highest BCUT2D eigenvalue weighted by Gasteiger charge is 2.26. The van der Waals surface area contributed by atoms with Crippen LogP contribution in [0, 0.1) is 5.82 Å². The fourth-order valence-corrected chi connectivity index (χ4v) is 3.37. The van der Waals surface area contributed by atoms with Crippen molar-refractivity contribution in [2.45, 2.75) is 37.0 Å². The van der Waals surface area contributed by atoms with Crippen molar-refractivity contribution in [3.8, 4) is 0 Å². The Kier molecular flexibility index (Phi) is 4.63. The number of anilines is 1. The number of hydrogen-bond acceptors (Lipinski definition) is 4. The first kappa shape index (κ1) is 14.1. The highest BCUT2D eigenvalue weighted by atomic mass is 32.2. The van der Waals surface area contributed by atoms with E-state index >= 15 is 0 Å². The summed E-state index contributed by atoms with van der Waals surface area (Å²) in [4.78, 5) is 15.0. The third-order valence-electron chi connectivity index (χ3n) is 3.41. The molecule has 1 heterocycles. The second-order valence-corrected chi connectivity index (χ2v) is 5.74. The highest BCUT2D eigenvalue weighted by Crippen LogP contribution is 2.30. The summed E-state index contributed by atoms with van der Waals surface area (Å²) in [6.07, 6.45) is 7.53. The SMILES string of the molecule is CSC1CCCCC1Nc1ncc(F)cc1C(=O)O. The molecule has 19 heavy (non-hydrogen) atoms. The molecule has 1 aliphatic rings. The van der Waals surface area contributed by atoms with E-state index < -0.39 is 11.8 Å². The van der Waals surface area contributed by atoms with Gasteiger partial charge < -0.3 is 10.4 Å². The first-order valence-corrected chi connectivity index (χ1v) is 7.58. The van der Waals surface area contributed by atoms with Crippen LogP contribution in [0.4, 0.5) is 10.2 Å². The number of aromatic nitrogens is 1. The molecule has 0 bridgehead atoms. The second kappa shape index (κ2) is 6.23. The summed E-state index contributed by atoms with van der Waals surface area (Å²) in [5.41, 5.74) is -0.106. The van der Waals surface area contributed by atoms with Crippen molar-refractivity contribution in [1.82, 2.24) is 4.98 Å². The zero-order chi connectivity index (χ0) is 13.8. The molecule has 0 saturated heterocycles. The van der Waals surface area contributed by atoms with Crippen molar-refractivity contribution < 1.29 is 14.3 Å². The molecule has 2 unspecified atom stereocenters. The topological polar surface area (TPSA) is 62.2 Å². The molecule has 1 aliphatic carbocycles. The van der Waals surface area contributed by atoms with Crippen LogP contribution < -0.4 is 5.32 Å². The van der Waals surface area contributed by atoms with Crippen LogP contribution in [-0.4, -0.2) is 33.6 Å². The smallest absolute Gasteiger partial charge is 0.339 e. The summed E-state index contributed by atoms with van der Waals surface area (Å²) in [6.45, 7) is 0. The van der Waals surface area contributed by atoms with Gasteiger partial charge in [0.1, 0.15) is 17.2 Å². The van der Waals surface area contributed by atoms with Gasteiger partial charge in [0, 0.05) is 11.3 Å². The lowest BCUT2D eigenvalue weighted by molar-refractivity contribution is 0.0697. The number of nitrogens with one attached hydrogen (secondary N) is 1. The average Bonchev–Trinajstić information content (AvgIpc) is 2.41. The van der Waals surface area contributed by atoms with E-state index in [2.05, 4.69) is 16.6 Å². The van der Waals surface area contributed by atoms with E-state index in [-0.39, 0.29) is 17.4 Å². The quantitative estimate of drug-likeness (QED) is 0.890. The van der Waals surface area contributed by atoms with E-state index in [1.165, 1.54) is 6.42 Å². The van der Waals surface area contributed by atoms with Gasteiger partial charge >= 0.3 is 5.97 Å². The van der Waals surface area contributed by atoms with Crippen LogP contribution in [0.3, 0.4) is 0 Å². The number of carboxylic acids is 1. The number of rotatable bonds is 4. The Morgan fingerprint density at radius 2 is 2.26 bits per heavy atom. The van der Waals surface area contributed by atoms with Gasteiger partial charge in [0.05, 0.1) is 6.20 Å². The molecular weight excluding hydrogens is 267 g/mol. The number of aromatic carboxylic acids is 1. The molecule has 0 spiro atoms. The average molecular weight is 284 g/mol. The molecule has 6 heteroatoms. The Morgan fingerprint density at radius 1 is 1.53 bits per heavy atom. The van der Waals surface area contributed by atoms with Gasteiger partial charge in [-0.05, 0) is 25.2 Å². The molecule has 2 N–H and O–H groups in total. The van der Waals surface area contributed by atoms with Gasteiger partial charge in [0.25, 0.3) is 0 Å². The minimum atomic E-state index is -1.16. The molecule has 0 amide bonds. The fourth-order valence-electron chi connectivity index (χ4n) is 2.44. The fraction of sp³-hybridized carbons (Fsp3) is 0.538. The van der Waals surface area contributed by atoms with Gasteiger partial charge in [0.15, 0.2) is 0 Å². The largest absolute Gasteiger partial charge is 0.478 e. The summed E-state index contributed by atoms with van der Waals surface area (Å²) < 4.78 is 13.1. The summed E-state index contributed by atoms with van der Waals surface area (Å²) in [5.74, 6) is -1.53. The number of carboxylic acid groups (broad SMARTS) is 1. The summed E-state index contributed by atoms with van der Waals surface area (Å²) in [5, 5.41) is 12.7. The molecule has 0 aliphatic heterocycles. The van der Waals surface area contributed by atoms with E-state index in [1.807, 2.05) is 0 Å². The number of halogens is 1. The maximum absolute atomic E-state index is 13.1. The third kappa shape index (κ3) is 3.37. The Balaban J connectivity index is 2.20. The molecule has 1 aromatic heterocycles. The lowest BCUT2D eigenvalue weighted by Gasteiger charge is -2.31. The highest BCUT2D eigenvalue weighted by molar-refractivity contribution is 7.99. The Bertz CT molecular complexity index is 470. The van der Waals surface area contributed by atoms with Crippen LogP contribution in [0.1, 0.15) is 36.0 Å².